The number of piperidine rings is 1. The molecule has 4 aliphatic rings. The minimum Gasteiger partial charge on any atom is -0.460 e. The predicted molar refractivity (Wildman–Crippen MR) is 250 cm³/mol. The number of ketones is 3. The molecule has 2 bridgehead atoms. The van der Waals surface area contributed by atoms with E-state index in [9.17, 15) is 39.3 Å². The highest BCUT2D eigenvalue weighted by molar-refractivity contribution is 6.39. The number of amides is 1. The first-order chi connectivity index (χ1) is 31.3. The van der Waals surface area contributed by atoms with Crippen molar-refractivity contribution >= 4 is 29.2 Å². The maximum atomic E-state index is 14.4. The Labute approximate surface area is 392 Å². The Morgan fingerprint density at radius 1 is 0.879 bits per heavy atom. The number of rotatable bonds is 7. The number of aliphatic hydroxyl groups excluding tert-OH is 2. The molecule has 1 amide bonds. The molecule has 66 heavy (non-hydrogen) atoms. The molecule has 2 saturated heterocycles. The zero-order valence-corrected chi connectivity index (χ0v) is 40.9. The Kier molecular flexibility index (Phi) is 21.4. The van der Waals surface area contributed by atoms with Gasteiger partial charge in [-0.15, -0.1) is 6.58 Å². The molecule has 0 aromatic heterocycles. The van der Waals surface area contributed by atoms with Gasteiger partial charge in [0, 0.05) is 64.4 Å². The highest BCUT2D eigenvalue weighted by Gasteiger charge is 2.53. The first-order valence-corrected chi connectivity index (χ1v) is 24.1. The molecule has 1 unspecified atom stereocenters. The lowest BCUT2D eigenvalue weighted by Gasteiger charge is -2.42. The zero-order valence-electron chi connectivity index (χ0n) is 40.9. The summed E-state index contributed by atoms with van der Waals surface area (Å²) in [6.45, 7) is 14.8. The number of cyclic esters (lactones) is 1. The number of ether oxygens (including phenoxy) is 5. The maximum absolute atomic E-state index is 14.4. The summed E-state index contributed by atoms with van der Waals surface area (Å²) in [6.07, 6.45) is 12.2. The van der Waals surface area contributed by atoms with Crippen molar-refractivity contribution in [3.05, 3.63) is 60.3 Å². The molecule has 1 aliphatic carbocycles. The quantitative estimate of drug-likeness (QED) is 0.145. The van der Waals surface area contributed by atoms with Crippen molar-refractivity contribution in [3.63, 3.8) is 0 Å². The highest BCUT2D eigenvalue weighted by Crippen LogP contribution is 2.38. The lowest BCUT2D eigenvalue weighted by Crippen LogP contribution is -2.61. The summed E-state index contributed by atoms with van der Waals surface area (Å²) in [4.78, 5) is 72.0. The van der Waals surface area contributed by atoms with Crippen molar-refractivity contribution in [2.75, 3.05) is 27.9 Å². The van der Waals surface area contributed by atoms with Crippen LogP contribution < -0.4 is 0 Å². The van der Waals surface area contributed by atoms with Crippen LogP contribution in [0.25, 0.3) is 0 Å². The third-order valence-electron chi connectivity index (χ3n) is 14.5. The van der Waals surface area contributed by atoms with Crippen LogP contribution in [0.3, 0.4) is 0 Å². The number of hydrogen-bond acceptors (Lipinski definition) is 13. The molecule has 3 aliphatic heterocycles. The van der Waals surface area contributed by atoms with Gasteiger partial charge in [-0.3, -0.25) is 19.2 Å². The summed E-state index contributed by atoms with van der Waals surface area (Å²) < 4.78 is 29.4. The maximum Gasteiger partial charge on any atom is 0.329 e. The molecule has 4 rings (SSSR count). The van der Waals surface area contributed by atoms with Gasteiger partial charge in [0.1, 0.15) is 30.1 Å². The zero-order chi connectivity index (χ0) is 48.9. The van der Waals surface area contributed by atoms with E-state index in [1.165, 1.54) is 12.0 Å². The van der Waals surface area contributed by atoms with E-state index >= 15 is 0 Å². The van der Waals surface area contributed by atoms with Gasteiger partial charge in [0.05, 0.1) is 24.4 Å². The molecular formula is C52H79NO13. The smallest absolute Gasteiger partial charge is 0.329 e. The van der Waals surface area contributed by atoms with Gasteiger partial charge in [0.2, 0.25) is 5.79 Å². The minimum atomic E-state index is -2.44. The predicted octanol–water partition coefficient (Wildman–Crippen LogP) is 6.35. The van der Waals surface area contributed by atoms with Crippen molar-refractivity contribution in [1.29, 1.82) is 0 Å². The summed E-state index contributed by atoms with van der Waals surface area (Å²) in [5.41, 5.74) is 1.24. The van der Waals surface area contributed by atoms with E-state index in [-0.39, 0.29) is 48.9 Å². The number of hydrogen-bond donors (Lipinski definition) is 3. The Balaban J connectivity index is 1.73. The van der Waals surface area contributed by atoms with Crippen molar-refractivity contribution in [2.45, 2.75) is 173 Å². The molecule has 0 radical (unpaired) electrons. The Bertz CT molecular complexity index is 1800. The van der Waals surface area contributed by atoms with E-state index in [4.69, 9.17) is 23.7 Å². The van der Waals surface area contributed by atoms with E-state index in [1.54, 1.807) is 47.1 Å². The third-order valence-corrected chi connectivity index (χ3v) is 14.5. The van der Waals surface area contributed by atoms with Gasteiger partial charge < -0.3 is 43.9 Å². The number of aliphatic hydroxyl groups is 3. The number of fused-ring (bicyclic) bond motifs is 3. The molecule has 3 N–H and O–H groups in total. The fourth-order valence-electron chi connectivity index (χ4n) is 10.1. The van der Waals surface area contributed by atoms with E-state index in [2.05, 4.69) is 6.58 Å². The second-order valence-electron chi connectivity index (χ2n) is 19.5. The number of carbonyl (C=O) groups is 5. The Morgan fingerprint density at radius 3 is 2.27 bits per heavy atom. The van der Waals surface area contributed by atoms with E-state index in [1.807, 2.05) is 51.2 Å². The SMILES string of the molecule is C=C[C@H](C[C@@H]1CC[C@@H](O)[C@H](OC)C1)[C@@H]1CC(=O)[C@H](C)/C=C(\C)[C@@H](O)[C@@H](OC)C(=O)[C@H](C)C[C@H](C)/C=C/C=C/C=C(\C)[C@@H](OC)C[C@@H]2CC[C@@H](C)C(O)(O2)C(=O)C(=O)N2CCCC[C@H]2C(=O)O1. The van der Waals surface area contributed by atoms with Gasteiger partial charge in [-0.05, 0) is 101 Å². The molecule has 3 heterocycles. The second-order valence-corrected chi connectivity index (χ2v) is 19.5. The monoisotopic (exact) mass is 926 g/mol. The molecule has 14 nitrogen and oxygen atoms in total. The average molecular weight is 926 g/mol. The average Bonchev–Trinajstić information content (AvgIpc) is 3.30. The molecule has 0 aromatic rings. The van der Waals surface area contributed by atoms with Crippen LogP contribution >= 0.6 is 0 Å². The van der Waals surface area contributed by atoms with Crippen LogP contribution in [-0.4, -0.2) is 132 Å². The van der Waals surface area contributed by atoms with Gasteiger partial charge in [0.25, 0.3) is 11.7 Å². The van der Waals surface area contributed by atoms with Gasteiger partial charge >= 0.3 is 5.97 Å². The molecule has 14 heteroatoms. The second kappa shape index (κ2) is 25.7. The summed E-state index contributed by atoms with van der Waals surface area (Å²) >= 11 is 0. The number of esters is 1. The van der Waals surface area contributed by atoms with Crippen LogP contribution in [0.4, 0.5) is 0 Å². The first-order valence-electron chi connectivity index (χ1n) is 24.1. The van der Waals surface area contributed by atoms with Crippen LogP contribution in [0.5, 0.6) is 0 Å². The van der Waals surface area contributed by atoms with Crippen molar-refractivity contribution < 1.29 is 63.0 Å². The van der Waals surface area contributed by atoms with Crippen LogP contribution in [0.2, 0.25) is 0 Å². The Morgan fingerprint density at radius 2 is 1.61 bits per heavy atom. The largest absolute Gasteiger partial charge is 0.460 e. The Hall–Kier alpha value is -3.63. The normalized spacial score (nSPS) is 39.9. The molecule has 0 aromatic carbocycles. The van der Waals surface area contributed by atoms with Crippen LogP contribution in [-0.2, 0) is 47.7 Å². The lowest BCUT2D eigenvalue weighted by molar-refractivity contribution is -0.265. The highest BCUT2D eigenvalue weighted by atomic mass is 16.6. The van der Waals surface area contributed by atoms with E-state index in [0.29, 0.717) is 69.8 Å². The number of carbonyl (C=O) groups excluding carboxylic acids is 5. The van der Waals surface area contributed by atoms with Crippen LogP contribution in [0.15, 0.2) is 60.3 Å². The number of nitrogens with zero attached hydrogens (tertiary/aromatic N) is 1. The van der Waals surface area contributed by atoms with Crippen molar-refractivity contribution in [2.24, 2.45) is 35.5 Å². The van der Waals surface area contributed by atoms with Gasteiger partial charge in [-0.25, -0.2) is 4.79 Å². The summed E-state index contributed by atoms with van der Waals surface area (Å²) in [5.74, 6) is -8.40. The van der Waals surface area contributed by atoms with Crippen molar-refractivity contribution in [1.82, 2.24) is 4.90 Å². The molecule has 3 fully saturated rings. The molecule has 370 valence electrons. The standard InChI is InChI=1S/C52H79NO13/c1-11-38(27-37-21-23-41(54)45(28-37)63-9)44-30-42(55)33(4)26-35(6)47(57)48(64-10)46(56)34(5)25-31(2)17-13-12-14-18-32(3)43(62-8)29-39-22-20-36(7)52(61,66-39)49(58)50(59)53-24-16-15-19-40(53)51(60)65-44/h11-14,17-18,26,31,33-34,36-41,43-45,47-48,54,57,61H,1,15-16,19-25,27-30H2,2-10H3/b14-12+,17-13+,32-18+,35-26+/t31-,33-,34-,36-,37+,38-,39+,40+,41-,43+,44+,45-,47-,48+,52?/m1/s1. The van der Waals surface area contributed by atoms with Crippen LogP contribution in [0, 0.1) is 35.5 Å². The fraction of sp³-hybridized carbons (Fsp3) is 0.712. The first kappa shape index (κ1) is 55.0. The minimum absolute atomic E-state index is 0.0119. The van der Waals surface area contributed by atoms with E-state index < -0.39 is 89.8 Å². The number of methoxy groups -OCH3 is 3. The summed E-state index contributed by atoms with van der Waals surface area (Å²) in [5, 5.41) is 33.9. The molecular weight excluding hydrogens is 847 g/mol. The lowest BCUT2D eigenvalue weighted by atomic mass is 9.78. The number of allylic oxidation sites excluding steroid dienone is 6. The van der Waals surface area contributed by atoms with E-state index in [0.717, 1.165) is 5.57 Å². The van der Waals surface area contributed by atoms with Gasteiger partial charge in [0.15, 0.2) is 5.78 Å². The third kappa shape index (κ3) is 14.2. The summed E-state index contributed by atoms with van der Waals surface area (Å²) in [7, 11) is 4.50. The van der Waals surface area contributed by atoms with Gasteiger partial charge in [-0.2, -0.15) is 0 Å². The fourth-order valence-corrected chi connectivity index (χ4v) is 10.1. The summed E-state index contributed by atoms with van der Waals surface area (Å²) in [6, 6.07) is -1.17. The van der Waals surface area contributed by atoms with Crippen LogP contribution in [0.1, 0.15) is 119 Å². The van der Waals surface area contributed by atoms with Gasteiger partial charge in [-0.1, -0.05) is 70.2 Å². The topological polar surface area (TPSA) is 195 Å². The molecule has 15 atom stereocenters. The molecule has 0 spiro atoms. The number of Topliss-reactive ketones (excluding diaryl/α,β-unsaturated/α-hetero) is 3. The van der Waals surface area contributed by atoms with Crippen molar-refractivity contribution in [3.8, 4) is 0 Å². The molecule has 1 saturated carbocycles.